The highest BCUT2D eigenvalue weighted by molar-refractivity contribution is 7.99. The molecule has 0 aliphatic rings. The first kappa shape index (κ1) is 14.1. The van der Waals surface area contributed by atoms with E-state index >= 15 is 0 Å². The molecule has 1 rings (SSSR count). The van der Waals surface area contributed by atoms with Gasteiger partial charge in [0.15, 0.2) is 5.78 Å². The molecule has 0 heterocycles. The highest BCUT2D eigenvalue weighted by atomic mass is 32.2. The molecule has 0 aliphatic heterocycles. The Labute approximate surface area is 108 Å². The molecule has 0 fully saturated rings. The Balaban J connectivity index is 3.20. The molecule has 0 bridgehead atoms. The molecule has 0 unspecified atom stereocenters. The van der Waals surface area contributed by atoms with Gasteiger partial charge in [0.2, 0.25) is 0 Å². The van der Waals surface area contributed by atoms with Crippen molar-refractivity contribution < 1.29 is 9.53 Å². The maximum Gasteiger partial charge on any atom is 0.176 e. The molecule has 0 saturated carbocycles. The van der Waals surface area contributed by atoms with Crippen molar-refractivity contribution in [3.63, 3.8) is 0 Å². The van der Waals surface area contributed by atoms with Crippen LogP contribution in [-0.4, -0.2) is 24.9 Å². The minimum absolute atomic E-state index is 0.0423. The minimum atomic E-state index is 0.0423. The first-order valence-electron chi connectivity index (χ1n) is 5.61. The molecular weight excluding hydrogens is 232 g/mol. The fourth-order valence-corrected chi connectivity index (χ4v) is 2.02. The molecule has 0 aromatic heterocycles. The van der Waals surface area contributed by atoms with Crippen molar-refractivity contribution in [1.82, 2.24) is 0 Å². The monoisotopic (exact) mass is 252 g/mol. The molecule has 17 heavy (non-hydrogen) atoms. The maximum atomic E-state index is 12.0. The number of thioether (sulfide) groups is 1. The fourth-order valence-electron chi connectivity index (χ4n) is 1.60. The van der Waals surface area contributed by atoms with E-state index in [1.807, 2.05) is 24.5 Å². The van der Waals surface area contributed by atoms with Crippen molar-refractivity contribution in [3.05, 3.63) is 29.3 Å². The van der Waals surface area contributed by atoms with E-state index in [9.17, 15) is 4.79 Å². The van der Waals surface area contributed by atoms with Gasteiger partial charge in [-0.1, -0.05) is 26.8 Å². The third-order valence-corrected chi connectivity index (χ3v) is 3.19. The molecule has 0 saturated heterocycles. The van der Waals surface area contributed by atoms with Crippen LogP contribution in [0.2, 0.25) is 0 Å². The van der Waals surface area contributed by atoms with Gasteiger partial charge < -0.3 is 4.74 Å². The topological polar surface area (TPSA) is 26.3 Å². The van der Waals surface area contributed by atoms with Crippen LogP contribution >= 0.6 is 11.8 Å². The predicted octanol–water partition coefficient (Wildman–Crippen LogP) is 3.54. The van der Waals surface area contributed by atoms with Crippen molar-refractivity contribution >= 4 is 17.5 Å². The van der Waals surface area contributed by atoms with Crippen LogP contribution < -0.4 is 4.74 Å². The van der Waals surface area contributed by atoms with E-state index in [2.05, 4.69) is 20.8 Å². The molecule has 94 valence electrons. The van der Waals surface area contributed by atoms with Gasteiger partial charge in [0, 0.05) is 0 Å². The van der Waals surface area contributed by atoms with Crippen LogP contribution in [0.4, 0.5) is 0 Å². The number of Topliss-reactive ketones (excluding diaryl/α,β-unsaturated/α-hetero) is 1. The average Bonchev–Trinajstić information content (AvgIpc) is 2.27. The zero-order valence-electron chi connectivity index (χ0n) is 11.2. The number of benzene rings is 1. The average molecular weight is 252 g/mol. The van der Waals surface area contributed by atoms with Crippen LogP contribution in [-0.2, 0) is 5.41 Å². The number of hydrogen-bond acceptors (Lipinski definition) is 3. The second kappa shape index (κ2) is 5.58. The van der Waals surface area contributed by atoms with Crippen molar-refractivity contribution in [2.75, 3.05) is 19.1 Å². The largest absolute Gasteiger partial charge is 0.496 e. The maximum absolute atomic E-state index is 12.0. The van der Waals surface area contributed by atoms with Crippen LogP contribution in [0.15, 0.2) is 18.2 Å². The molecule has 2 nitrogen and oxygen atoms in total. The van der Waals surface area contributed by atoms with E-state index in [0.29, 0.717) is 17.1 Å². The fraction of sp³-hybridized carbons (Fsp3) is 0.500. The van der Waals surface area contributed by atoms with E-state index in [4.69, 9.17) is 4.74 Å². The smallest absolute Gasteiger partial charge is 0.176 e. The Morgan fingerprint density at radius 3 is 2.47 bits per heavy atom. The number of rotatable bonds is 4. The molecule has 0 amide bonds. The Bertz CT molecular complexity index is 405. The van der Waals surface area contributed by atoms with E-state index < -0.39 is 0 Å². The second-order valence-corrected chi connectivity index (χ2v) is 5.89. The molecule has 0 radical (unpaired) electrons. The first-order valence-corrected chi connectivity index (χ1v) is 7.00. The predicted molar refractivity (Wildman–Crippen MR) is 74.4 cm³/mol. The van der Waals surface area contributed by atoms with Gasteiger partial charge in [0.25, 0.3) is 0 Å². The lowest BCUT2D eigenvalue weighted by Crippen LogP contribution is -2.13. The van der Waals surface area contributed by atoms with Crippen molar-refractivity contribution in [3.8, 4) is 5.75 Å². The summed E-state index contributed by atoms with van der Waals surface area (Å²) < 4.78 is 5.25. The van der Waals surface area contributed by atoms with E-state index in [-0.39, 0.29) is 11.2 Å². The number of methoxy groups -OCH3 is 1. The van der Waals surface area contributed by atoms with Crippen LogP contribution in [0, 0.1) is 0 Å². The van der Waals surface area contributed by atoms with Crippen LogP contribution in [0.5, 0.6) is 5.75 Å². The molecule has 3 heteroatoms. The summed E-state index contributed by atoms with van der Waals surface area (Å²) in [6, 6.07) is 5.86. The van der Waals surface area contributed by atoms with Gasteiger partial charge in [-0.15, -0.1) is 0 Å². The number of carbonyl (C=O) groups is 1. The summed E-state index contributed by atoms with van der Waals surface area (Å²) in [4.78, 5) is 12.0. The second-order valence-electron chi connectivity index (χ2n) is 5.02. The molecule has 0 N–H and O–H groups in total. The lowest BCUT2D eigenvalue weighted by molar-refractivity contribution is 0.101. The van der Waals surface area contributed by atoms with Gasteiger partial charge in [0.05, 0.1) is 18.4 Å². The molecule has 1 aromatic rings. The summed E-state index contributed by atoms with van der Waals surface area (Å²) in [7, 11) is 1.60. The quantitative estimate of drug-likeness (QED) is 0.767. The Morgan fingerprint density at radius 2 is 2.00 bits per heavy atom. The molecule has 0 spiro atoms. The number of hydrogen-bond donors (Lipinski definition) is 0. The zero-order chi connectivity index (χ0) is 13.1. The zero-order valence-corrected chi connectivity index (χ0v) is 12.0. The standard InChI is InChI=1S/C14H20O2S/c1-14(2,3)10-6-7-13(16-4)11(8-10)12(15)9-17-5/h6-8H,9H2,1-5H3. The Kier molecular flexibility index (Phi) is 4.63. The van der Waals surface area contributed by atoms with Gasteiger partial charge in [-0.25, -0.2) is 0 Å². The SMILES string of the molecule is COc1ccc(C(C)(C)C)cc1C(=O)CSC. The summed E-state index contributed by atoms with van der Waals surface area (Å²) in [5.74, 6) is 1.28. The summed E-state index contributed by atoms with van der Waals surface area (Å²) in [6.45, 7) is 6.41. The van der Waals surface area contributed by atoms with E-state index in [0.717, 1.165) is 5.56 Å². The Hall–Kier alpha value is -0.960. The molecule has 0 atom stereocenters. The van der Waals surface area contributed by atoms with Crippen LogP contribution in [0.25, 0.3) is 0 Å². The number of ether oxygens (including phenoxy) is 1. The van der Waals surface area contributed by atoms with Gasteiger partial charge in [-0.3, -0.25) is 4.79 Å². The molecular formula is C14H20O2S. The van der Waals surface area contributed by atoms with E-state index in [1.54, 1.807) is 7.11 Å². The normalized spacial score (nSPS) is 11.4. The highest BCUT2D eigenvalue weighted by Gasteiger charge is 2.18. The summed E-state index contributed by atoms with van der Waals surface area (Å²) in [6.07, 6.45) is 1.93. The number of ketones is 1. The highest BCUT2D eigenvalue weighted by Crippen LogP contribution is 2.28. The number of carbonyl (C=O) groups excluding carboxylic acids is 1. The first-order chi connectivity index (χ1) is 7.90. The summed E-state index contributed by atoms with van der Waals surface area (Å²) >= 11 is 1.53. The van der Waals surface area contributed by atoms with E-state index in [1.165, 1.54) is 11.8 Å². The third-order valence-electron chi connectivity index (χ3n) is 2.64. The van der Waals surface area contributed by atoms with Gasteiger partial charge >= 0.3 is 0 Å². The van der Waals surface area contributed by atoms with Crippen LogP contribution in [0.3, 0.4) is 0 Å². The minimum Gasteiger partial charge on any atom is -0.496 e. The van der Waals surface area contributed by atoms with Gasteiger partial charge in [-0.2, -0.15) is 11.8 Å². The summed E-state index contributed by atoms with van der Waals surface area (Å²) in [5, 5.41) is 0. The lowest BCUT2D eigenvalue weighted by atomic mass is 9.85. The lowest BCUT2D eigenvalue weighted by Gasteiger charge is -2.20. The van der Waals surface area contributed by atoms with Crippen LogP contribution in [0.1, 0.15) is 36.7 Å². The van der Waals surface area contributed by atoms with Gasteiger partial charge in [0.1, 0.15) is 5.75 Å². The van der Waals surface area contributed by atoms with Gasteiger partial charge in [-0.05, 0) is 29.4 Å². The summed E-state index contributed by atoms with van der Waals surface area (Å²) in [5.41, 5.74) is 1.89. The van der Waals surface area contributed by atoms with Crippen molar-refractivity contribution in [2.24, 2.45) is 0 Å². The van der Waals surface area contributed by atoms with Crippen molar-refractivity contribution in [1.29, 1.82) is 0 Å². The Morgan fingerprint density at radius 1 is 1.35 bits per heavy atom. The van der Waals surface area contributed by atoms with Crippen molar-refractivity contribution in [2.45, 2.75) is 26.2 Å². The third kappa shape index (κ3) is 3.50. The molecule has 1 aromatic carbocycles. The molecule has 0 aliphatic carbocycles.